The minimum absolute atomic E-state index is 0. The predicted octanol–water partition coefficient (Wildman–Crippen LogP) is 8.15. The van der Waals surface area contributed by atoms with Crippen LogP contribution in [0.3, 0.4) is 0 Å². The van der Waals surface area contributed by atoms with Crippen LogP contribution >= 0.6 is 23.5 Å². The molecule has 0 aliphatic rings. The van der Waals surface area contributed by atoms with Crippen LogP contribution in [0.4, 0.5) is 0 Å². The Kier molecular flexibility index (Phi) is 17.3. The van der Waals surface area contributed by atoms with Gasteiger partial charge in [0.15, 0.2) is 0 Å². The van der Waals surface area contributed by atoms with Crippen LogP contribution in [0.2, 0.25) is 0 Å². The van der Waals surface area contributed by atoms with Gasteiger partial charge < -0.3 is 5.32 Å². The van der Waals surface area contributed by atoms with E-state index in [1.54, 1.807) is 23.5 Å². The van der Waals surface area contributed by atoms with Crippen LogP contribution in [0.15, 0.2) is 141 Å². The van der Waals surface area contributed by atoms with Gasteiger partial charge >= 0.3 is 37.7 Å². The largest absolute Gasteiger partial charge is 0.0901 e. The van der Waals surface area contributed by atoms with E-state index >= 15 is 0 Å². The molecule has 0 aromatic heterocycles. The minimum Gasteiger partial charge on any atom is -0.0901 e. The second kappa shape index (κ2) is 19.0. The van der Waals surface area contributed by atoms with Crippen molar-refractivity contribution in [1.82, 2.24) is 5.32 Å². The first-order valence-electron chi connectivity index (χ1n) is 11.3. The maximum atomic E-state index is 3.31. The molecule has 4 aromatic carbocycles. The molecule has 0 atom stereocenters. The predicted molar refractivity (Wildman–Crippen MR) is 156 cm³/mol. The smallest absolute Gasteiger partial charge is 0.0122 e. The van der Waals surface area contributed by atoms with Crippen LogP contribution in [0.25, 0.3) is 0 Å². The van der Waals surface area contributed by atoms with Crippen LogP contribution in [-0.2, 0) is 0 Å². The molecule has 0 aliphatic heterocycles. The third-order valence-corrected chi connectivity index (χ3v) is 6.14. The minimum atomic E-state index is 0. The third-order valence-electron chi connectivity index (χ3n) is 4.11. The molecule has 176 valence electrons. The van der Waals surface area contributed by atoms with Crippen LogP contribution in [0.5, 0.6) is 0 Å². The zero-order valence-electron chi connectivity index (χ0n) is 20.0. The Labute approximate surface area is 245 Å². The van der Waals surface area contributed by atoms with E-state index < -0.39 is 0 Å². The second-order valence-corrected chi connectivity index (χ2v) is 10.2. The van der Waals surface area contributed by atoms with Crippen LogP contribution in [-0.4, -0.2) is 49.8 Å². The molecule has 4 rings (SSSR count). The molecule has 0 amide bonds. The summed E-state index contributed by atoms with van der Waals surface area (Å²) in [6.45, 7) is 8.61. The molecule has 0 spiro atoms. The van der Waals surface area contributed by atoms with E-state index in [1.807, 2.05) is 24.3 Å². The van der Waals surface area contributed by atoms with Gasteiger partial charge in [-0.25, -0.2) is 0 Å². The summed E-state index contributed by atoms with van der Waals surface area (Å²) < 4.78 is 0. The van der Waals surface area contributed by atoms with Crippen molar-refractivity contribution in [3.63, 3.8) is 0 Å². The van der Waals surface area contributed by atoms with Crippen molar-refractivity contribution in [2.45, 2.75) is 59.4 Å². The van der Waals surface area contributed by atoms with Gasteiger partial charge in [0.2, 0.25) is 0 Å². The van der Waals surface area contributed by atoms with E-state index in [4.69, 9.17) is 0 Å². The van der Waals surface area contributed by atoms with Crippen molar-refractivity contribution in [3.8, 4) is 0 Å². The molecular weight excluding hydrogens is 479 g/mol. The van der Waals surface area contributed by atoms with Crippen LogP contribution in [0, 0.1) is 0 Å². The van der Waals surface area contributed by atoms with Gasteiger partial charge in [-0.15, -0.1) is 0 Å². The SMILES string of the molecule is CC(C)NC(C)C.[CaH2].c1ccc(Sc2ccccc2)cc1.c1ccc(Sc2ccccc2)cc1. The first kappa shape index (κ1) is 30.8. The van der Waals surface area contributed by atoms with Crippen molar-refractivity contribution in [3.05, 3.63) is 121 Å². The zero-order chi connectivity index (χ0) is 23.7. The van der Waals surface area contributed by atoms with Crippen LogP contribution in [0.1, 0.15) is 27.7 Å². The molecule has 0 bridgehead atoms. The number of hydrogen-bond acceptors (Lipinski definition) is 3. The molecular formula is C30H37CaNS2. The summed E-state index contributed by atoms with van der Waals surface area (Å²) in [5, 5.41) is 3.31. The van der Waals surface area contributed by atoms with Crippen molar-refractivity contribution in [2.75, 3.05) is 0 Å². The van der Waals surface area contributed by atoms with Gasteiger partial charge in [0.1, 0.15) is 0 Å². The summed E-state index contributed by atoms with van der Waals surface area (Å²) in [6, 6.07) is 42.9. The molecule has 4 aromatic rings. The summed E-state index contributed by atoms with van der Waals surface area (Å²) in [6.07, 6.45) is 0. The normalized spacial score (nSPS) is 9.82. The standard InChI is InChI=1S/2C12H10S.C6H15N.Ca.2H/c2*1-3-7-11(8-4-1)13-12-9-5-2-6-10-12;1-5(2)7-6(3)4;;;/h2*1-10H;5-7H,1-4H3;;;. The van der Waals surface area contributed by atoms with E-state index in [2.05, 4.69) is 130 Å². The Hall–Kier alpha value is -1.20. The van der Waals surface area contributed by atoms with E-state index in [0.717, 1.165) is 0 Å². The molecule has 1 nitrogen and oxygen atoms in total. The average molecular weight is 516 g/mol. The summed E-state index contributed by atoms with van der Waals surface area (Å²) >= 11 is 3.58. The van der Waals surface area contributed by atoms with Gasteiger partial charge in [-0.2, -0.15) is 0 Å². The summed E-state index contributed by atoms with van der Waals surface area (Å²) in [7, 11) is 0. The molecule has 1 N–H and O–H groups in total. The molecule has 0 heterocycles. The zero-order valence-corrected chi connectivity index (χ0v) is 21.7. The van der Waals surface area contributed by atoms with E-state index in [-0.39, 0.29) is 37.7 Å². The molecule has 4 heteroatoms. The summed E-state index contributed by atoms with van der Waals surface area (Å²) in [5.41, 5.74) is 0. The maximum Gasteiger partial charge on any atom is 0.0122 e. The van der Waals surface area contributed by atoms with Crippen molar-refractivity contribution in [2.24, 2.45) is 0 Å². The van der Waals surface area contributed by atoms with Gasteiger partial charge in [-0.3, -0.25) is 0 Å². The molecule has 0 radical (unpaired) electrons. The van der Waals surface area contributed by atoms with Gasteiger partial charge in [0.25, 0.3) is 0 Å². The third kappa shape index (κ3) is 14.9. The summed E-state index contributed by atoms with van der Waals surface area (Å²) in [5.74, 6) is 0. The number of hydrogen-bond donors (Lipinski definition) is 1. The topological polar surface area (TPSA) is 12.0 Å². The molecule has 0 saturated heterocycles. The van der Waals surface area contributed by atoms with Gasteiger partial charge in [-0.05, 0) is 48.5 Å². The van der Waals surface area contributed by atoms with E-state index in [1.165, 1.54) is 19.6 Å². The fourth-order valence-electron chi connectivity index (χ4n) is 2.89. The van der Waals surface area contributed by atoms with Crippen LogP contribution < -0.4 is 5.32 Å². The Morgan fingerprint density at radius 2 is 0.618 bits per heavy atom. The first-order valence-corrected chi connectivity index (χ1v) is 13.0. The first-order chi connectivity index (χ1) is 16.0. The molecule has 0 fully saturated rings. The van der Waals surface area contributed by atoms with Gasteiger partial charge in [0.05, 0.1) is 0 Å². The quantitative estimate of drug-likeness (QED) is 0.260. The second-order valence-electron chi connectivity index (χ2n) is 7.93. The fraction of sp³-hybridized carbons (Fsp3) is 0.200. The fourth-order valence-corrected chi connectivity index (χ4v) is 4.61. The molecule has 34 heavy (non-hydrogen) atoms. The average Bonchev–Trinajstić information content (AvgIpc) is 2.82. The number of nitrogens with one attached hydrogen (secondary N) is 1. The monoisotopic (exact) mass is 515 g/mol. The molecule has 0 unspecified atom stereocenters. The molecule has 0 saturated carbocycles. The van der Waals surface area contributed by atoms with Gasteiger partial charge in [-0.1, -0.05) is 124 Å². The Bertz CT molecular complexity index is 821. The number of benzene rings is 4. The number of rotatable bonds is 6. The van der Waals surface area contributed by atoms with Crippen molar-refractivity contribution in [1.29, 1.82) is 0 Å². The Morgan fingerprint density at radius 1 is 0.412 bits per heavy atom. The Morgan fingerprint density at radius 3 is 0.765 bits per heavy atom. The molecule has 0 aliphatic carbocycles. The van der Waals surface area contributed by atoms with E-state index in [0.29, 0.717) is 12.1 Å². The summed E-state index contributed by atoms with van der Waals surface area (Å²) in [4.78, 5) is 5.14. The van der Waals surface area contributed by atoms with E-state index in [9.17, 15) is 0 Å². The van der Waals surface area contributed by atoms with Crippen molar-refractivity contribution >= 4 is 61.3 Å². The van der Waals surface area contributed by atoms with Gasteiger partial charge in [0, 0.05) is 31.7 Å². The Balaban J connectivity index is 0.000000264. The maximum absolute atomic E-state index is 3.31. The van der Waals surface area contributed by atoms with Crippen molar-refractivity contribution < 1.29 is 0 Å².